The number of hydrogen-bond donors (Lipinski definition) is 1. The minimum absolute atomic E-state index is 0.730. The smallest absolute Gasteiger partial charge is 0.432 e. The van der Waals surface area contributed by atoms with Crippen LogP contribution in [-0.4, -0.2) is 31.1 Å². The first kappa shape index (κ1) is 15.7. The molecule has 0 bridgehead atoms. The van der Waals surface area contributed by atoms with Gasteiger partial charge in [0.05, 0.1) is 0 Å². The van der Waals surface area contributed by atoms with Crippen molar-refractivity contribution in [2.24, 2.45) is 0 Å². The SMILES string of the molecule is C[Si](C)(O)CCC(F)(F)C(F)(F)C(F)(F)F. The van der Waals surface area contributed by atoms with Crippen LogP contribution in [0.5, 0.6) is 0 Å². The van der Waals surface area contributed by atoms with Crippen LogP contribution >= 0.6 is 0 Å². The van der Waals surface area contributed by atoms with E-state index in [0.717, 1.165) is 0 Å². The number of hydrogen-bond acceptors (Lipinski definition) is 1. The lowest BCUT2D eigenvalue weighted by Crippen LogP contribution is -2.52. The van der Waals surface area contributed by atoms with E-state index in [4.69, 9.17) is 4.80 Å². The highest BCUT2D eigenvalue weighted by atomic mass is 28.4. The average Bonchev–Trinajstić information content (AvgIpc) is 1.97. The van der Waals surface area contributed by atoms with Crippen molar-refractivity contribution in [1.82, 2.24) is 0 Å². The first-order valence-electron chi connectivity index (χ1n) is 4.25. The summed E-state index contributed by atoms with van der Waals surface area (Å²) in [5, 5.41) is 0. The van der Waals surface area contributed by atoms with E-state index in [1.165, 1.54) is 13.1 Å². The van der Waals surface area contributed by atoms with Gasteiger partial charge in [0, 0.05) is 6.42 Å². The maximum atomic E-state index is 12.7. The van der Waals surface area contributed by atoms with Crippen molar-refractivity contribution in [1.29, 1.82) is 0 Å². The Morgan fingerprint density at radius 3 is 1.56 bits per heavy atom. The molecule has 0 rings (SSSR count). The van der Waals surface area contributed by atoms with Gasteiger partial charge in [-0.1, -0.05) is 0 Å². The Labute approximate surface area is 88.4 Å². The van der Waals surface area contributed by atoms with Gasteiger partial charge in [-0.15, -0.1) is 0 Å². The Balaban J connectivity index is 4.79. The van der Waals surface area contributed by atoms with Crippen molar-refractivity contribution in [3.05, 3.63) is 0 Å². The second kappa shape index (κ2) is 4.17. The molecule has 0 saturated heterocycles. The van der Waals surface area contributed by atoms with Gasteiger partial charge in [-0.3, -0.25) is 0 Å². The molecule has 0 spiro atoms. The summed E-state index contributed by atoms with van der Waals surface area (Å²) in [4.78, 5) is 9.13. The lowest BCUT2D eigenvalue weighted by Gasteiger charge is -2.29. The van der Waals surface area contributed by atoms with Crippen molar-refractivity contribution in [3.8, 4) is 0 Å². The highest BCUT2D eigenvalue weighted by Crippen LogP contribution is 2.48. The first-order valence-corrected chi connectivity index (χ1v) is 7.41. The van der Waals surface area contributed by atoms with Gasteiger partial charge >= 0.3 is 18.0 Å². The summed E-state index contributed by atoms with van der Waals surface area (Å²) < 4.78 is 85.0. The van der Waals surface area contributed by atoms with Gasteiger partial charge in [0.1, 0.15) is 0 Å². The zero-order chi connectivity index (χ0) is 13.4. The quantitative estimate of drug-likeness (QED) is 0.614. The molecule has 16 heavy (non-hydrogen) atoms. The van der Waals surface area contributed by atoms with Gasteiger partial charge in [-0.25, -0.2) is 0 Å². The Hall–Kier alpha value is -0.313. The Kier molecular flexibility index (Phi) is 4.09. The summed E-state index contributed by atoms with van der Waals surface area (Å²) in [5.41, 5.74) is 0. The average molecular weight is 272 g/mol. The van der Waals surface area contributed by atoms with Crippen molar-refractivity contribution in [2.45, 2.75) is 43.6 Å². The Bertz CT molecular complexity index is 242. The van der Waals surface area contributed by atoms with E-state index in [1.54, 1.807) is 0 Å². The number of halogens is 7. The van der Waals surface area contributed by atoms with Crippen LogP contribution in [0.25, 0.3) is 0 Å². The summed E-state index contributed by atoms with van der Waals surface area (Å²) in [6.45, 7) is 2.35. The predicted molar refractivity (Wildman–Crippen MR) is 45.1 cm³/mol. The van der Waals surface area contributed by atoms with E-state index in [9.17, 15) is 30.7 Å². The molecule has 1 N–H and O–H groups in total. The number of alkyl halides is 7. The second-order valence-corrected chi connectivity index (χ2v) is 8.21. The van der Waals surface area contributed by atoms with E-state index in [2.05, 4.69) is 0 Å². The fraction of sp³-hybridized carbons (Fsp3) is 1.00. The Morgan fingerprint density at radius 1 is 0.938 bits per heavy atom. The third-order valence-corrected chi connectivity index (χ3v) is 3.34. The predicted octanol–water partition coefficient (Wildman–Crippen LogP) is 3.41. The maximum Gasteiger partial charge on any atom is 0.459 e. The molecule has 9 heteroatoms. The summed E-state index contributed by atoms with van der Waals surface area (Å²) in [5.74, 6) is -11.3. The fourth-order valence-electron chi connectivity index (χ4n) is 0.827. The fourth-order valence-corrected chi connectivity index (χ4v) is 1.75. The van der Waals surface area contributed by atoms with Crippen LogP contribution in [0.1, 0.15) is 6.42 Å². The van der Waals surface area contributed by atoms with Crippen molar-refractivity contribution in [2.75, 3.05) is 0 Å². The summed E-state index contributed by atoms with van der Waals surface area (Å²) in [6, 6.07) is -0.730. The highest BCUT2D eigenvalue weighted by molar-refractivity contribution is 6.69. The zero-order valence-corrected chi connectivity index (χ0v) is 9.51. The third-order valence-electron chi connectivity index (χ3n) is 1.87. The molecule has 0 aromatic carbocycles. The van der Waals surface area contributed by atoms with Crippen molar-refractivity contribution in [3.63, 3.8) is 0 Å². The Morgan fingerprint density at radius 2 is 1.31 bits per heavy atom. The molecule has 0 aromatic heterocycles. The van der Waals surface area contributed by atoms with Gasteiger partial charge in [0.25, 0.3) is 0 Å². The first-order chi connectivity index (χ1) is 6.71. The minimum atomic E-state index is -6.29. The molecule has 98 valence electrons. The van der Waals surface area contributed by atoms with Crippen LogP contribution < -0.4 is 0 Å². The molecule has 0 unspecified atom stereocenters. The molecule has 0 aromatic rings. The highest BCUT2D eigenvalue weighted by Gasteiger charge is 2.72. The van der Waals surface area contributed by atoms with Crippen molar-refractivity contribution >= 4 is 8.32 Å². The molecule has 0 fully saturated rings. The monoisotopic (exact) mass is 272 g/mol. The molecule has 0 amide bonds. The van der Waals surface area contributed by atoms with E-state index in [-0.39, 0.29) is 0 Å². The molecule has 0 aliphatic rings. The topological polar surface area (TPSA) is 20.2 Å². The molecular weight excluding hydrogens is 261 g/mol. The molecule has 0 radical (unpaired) electrons. The molecule has 0 heterocycles. The minimum Gasteiger partial charge on any atom is -0.432 e. The van der Waals surface area contributed by atoms with Gasteiger partial charge in [-0.05, 0) is 19.1 Å². The second-order valence-electron chi connectivity index (χ2n) is 4.09. The number of rotatable bonds is 4. The summed E-state index contributed by atoms with van der Waals surface area (Å²) in [6.07, 6.45) is -7.98. The van der Waals surface area contributed by atoms with Gasteiger partial charge < -0.3 is 4.80 Å². The van der Waals surface area contributed by atoms with Gasteiger partial charge in [-0.2, -0.15) is 30.7 Å². The summed E-state index contributed by atoms with van der Waals surface area (Å²) in [7, 11) is -3.09. The van der Waals surface area contributed by atoms with E-state index in [0.29, 0.717) is 0 Å². The van der Waals surface area contributed by atoms with Gasteiger partial charge in [0.15, 0.2) is 8.32 Å². The van der Waals surface area contributed by atoms with E-state index in [1.807, 2.05) is 0 Å². The molecule has 0 saturated carbocycles. The lowest BCUT2D eigenvalue weighted by atomic mass is 10.1. The molecule has 0 aliphatic carbocycles. The van der Waals surface area contributed by atoms with Gasteiger partial charge in [0.2, 0.25) is 0 Å². The van der Waals surface area contributed by atoms with Crippen LogP contribution in [0.3, 0.4) is 0 Å². The van der Waals surface area contributed by atoms with Crippen LogP contribution in [0, 0.1) is 0 Å². The molecule has 1 nitrogen and oxygen atoms in total. The molecular formula is C7H11F7OSi. The lowest BCUT2D eigenvalue weighted by molar-refractivity contribution is -0.354. The largest absolute Gasteiger partial charge is 0.459 e. The van der Waals surface area contributed by atoms with Crippen LogP contribution in [0.15, 0.2) is 0 Å². The van der Waals surface area contributed by atoms with Crippen LogP contribution in [0.4, 0.5) is 30.7 Å². The molecule has 0 atom stereocenters. The normalized spacial score (nSPS) is 15.4. The third kappa shape index (κ3) is 3.61. The van der Waals surface area contributed by atoms with Crippen LogP contribution in [0.2, 0.25) is 19.1 Å². The zero-order valence-electron chi connectivity index (χ0n) is 8.51. The maximum absolute atomic E-state index is 12.7. The van der Waals surface area contributed by atoms with Crippen molar-refractivity contribution < 1.29 is 35.5 Å². The summed E-state index contributed by atoms with van der Waals surface area (Å²) >= 11 is 0. The van der Waals surface area contributed by atoms with E-state index < -0.39 is 38.8 Å². The van der Waals surface area contributed by atoms with Crippen LogP contribution in [-0.2, 0) is 0 Å². The van der Waals surface area contributed by atoms with E-state index >= 15 is 0 Å². The standard InChI is InChI=1S/C7H11F7OSi/c1-16(2,15)4-3-5(8,9)6(10,11)7(12,13)14/h15H,3-4H2,1-2H3. The molecule has 0 aliphatic heterocycles.